The van der Waals surface area contributed by atoms with Gasteiger partial charge in [0.15, 0.2) is 9.84 Å². The van der Waals surface area contributed by atoms with Gasteiger partial charge in [0.2, 0.25) is 0 Å². The SMILES string of the molecule is CN(C)c1cnc(C2CC(C)(S(=O)(=O)c3cccc(C(F)(F)F)c3)CCO2)cn1. The molecule has 2 heterocycles. The summed E-state index contributed by atoms with van der Waals surface area (Å²) in [6.07, 6.45) is -1.89. The van der Waals surface area contributed by atoms with Crippen molar-refractivity contribution in [3.8, 4) is 0 Å². The Kier molecular flexibility index (Phi) is 5.61. The Labute approximate surface area is 167 Å². The number of halogens is 3. The number of sulfone groups is 1. The van der Waals surface area contributed by atoms with Crippen molar-refractivity contribution in [3.05, 3.63) is 47.9 Å². The summed E-state index contributed by atoms with van der Waals surface area (Å²) >= 11 is 0. The first kappa shape index (κ1) is 21.5. The number of hydrogen-bond acceptors (Lipinski definition) is 6. The van der Waals surface area contributed by atoms with Gasteiger partial charge in [0.1, 0.15) is 11.9 Å². The van der Waals surface area contributed by atoms with E-state index in [-0.39, 0.29) is 24.3 Å². The van der Waals surface area contributed by atoms with Gasteiger partial charge in [-0.2, -0.15) is 13.2 Å². The number of nitrogens with zero attached hydrogens (tertiary/aromatic N) is 3. The lowest BCUT2D eigenvalue weighted by Gasteiger charge is -2.37. The third-order valence-electron chi connectivity index (χ3n) is 5.13. The minimum Gasteiger partial charge on any atom is -0.372 e. The number of alkyl halides is 3. The van der Waals surface area contributed by atoms with Crippen LogP contribution < -0.4 is 4.90 Å². The molecule has 29 heavy (non-hydrogen) atoms. The highest BCUT2D eigenvalue weighted by Gasteiger charge is 2.46. The summed E-state index contributed by atoms with van der Waals surface area (Å²) in [5.74, 6) is 0.643. The van der Waals surface area contributed by atoms with Crippen molar-refractivity contribution < 1.29 is 26.3 Å². The first-order valence-corrected chi connectivity index (χ1v) is 10.5. The molecule has 2 aromatic rings. The lowest BCUT2D eigenvalue weighted by atomic mass is 9.95. The predicted octanol–water partition coefficient (Wildman–Crippen LogP) is 3.65. The monoisotopic (exact) mass is 429 g/mol. The fourth-order valence-electron chi connectivity index (χ4n) is 3.26. The molecule has 2 atom stereocenters. The molecule has 10 heteroatoms. The molecule has 0 aliphatic carbocycles. The summed E-state index contributed by atoms with van der Waals surface area (Å²) in [4.78, 5) is 10.0. The molecule has 0 radical (unpaired) electrons. The summed E-state index contributed by atoms with van der Waals surface area (Å²) in [7, 11) is -0.405. The van der Waals surface area contributed by atoms with Crippen LogP contribution in [0.2, 0.25) is 0 Å². The lowest BCUT2D eigenvalue weighted by molar-refractivity contribution is -0.137. The van der Waals surface area contributed by atoms with Gasteiger partial charge in [-0.25, -0.2) is 13.4 Å². The maximum Gasteiger partial charge on any atom is 0.416 e. The Morgan fingerprint density at radius 2 is 1.93 bits per heavy atom. The smallest absolute Gasteiger partial charge is 0.372 e. The van der Waals surface area contributed by atoms with E-state index < -0.39 is 32.4 Å². The van der Waals surface area contributed by atoms with Crippen molar-refractivity contribution in [1.29, 1.82) is 0 Å². The normalized spacial score (nSPS) is 23.0. The van der Waals surface area contributed by atoms with Crippen molar-refractivity contribution in [2.45, 2.75) is 41.7 Å². The Bertz CT molecular complexity index is 978. The van der Waals surface area contributed by atoms with Crippen molar-refractivity contribution in [2.75, 3.05) is 25.6 Å². The van der Waals surface area contributed by atoms with E-state index in [1.807, 2.05) is 14.1 Å². The van der Waals surface area contributed by atoms with Crippen LogP contribution in [0.4, 0.5) is 19.0 Å². The quantitative estimate of drug-likeness (QED) is 0.739. The number of rotatable bonds is 4. The van der Waals surface area contributed by atoms with E-state index >= 15 is 0 Å². The van der Waals surface area contributed by atoms with Gasteiger partial charge in [-0.05, 0) is 38.0 Å². The standard InChI is InChI=1S/C19H22F3N3O3S/c1-18(29(26,27)14-6-4-5-13(9-14)19(20,21)22)7-8-28-16(10-18)15-11-24-17(12-23-15)25(2)3/h4-6,9,11-12,16H,7-8,10H2,1-3H3. The first-order chi connectivity index (χ1) is 13.4. The van der Waals surface area contributed by atoms with Crippen LogP contribution in [0.1, 0.15) is 37.1 Å². The lowest BCUT2D eigenvalue weighted by Crippen LogP contribution is -2.42. The molecule has 0 spiro atoms. The van der Waals surface area contributed by atoms with Crippen LogP contribution >= 0.6 is 0 Å². The summed E-state index contributed by atoms with van der Waals surface area (Å²) in [6.45, 7) is 1.69. The van der Waals surface area contributed by atoms with Crippen LogP contribution in [0.25, 0.3) is 0 Å². The van der Waals surface area contributed by atoms with Crippen LogP contribution in [0.3, 0.4) is 0 Å². The number of anilines is 1. The van der Waals surface area contributed by atoms with E-state index in [1.54, 1.807) is 18.0 Å². The molecule has 1 aliphatic rings. The molecule has 158 valence electrons. The van der Waals surface area contributed by atoms with Crippen molar-refractivity contribution in [3.63, 3.8) is 0 Å². The van der Waals surface area contributed by atoms with Gasteiger partial charge in [0.25, 0.3) is 0 Å². The maximum absolute atomic E-state index is 13.2. The molecular weight excluding hydrogens is 407 g/mol. The fraction of sp³-hybridized carbons (Fsp3) is 0.474. The molecule has 0 bridgehead atoms. The first-order valence-electron chi connectivity index (χ1n) is 8.97. The molecule has 0 amide bonds. The largest absolute Gasteiger partial charge is 0.416 e. The molecule has 1 aromatic heterocycles. The zero-order valence-corrected chi connectivity index (χ0v) is 17.1. The predicted molar refractivity (Wildman–Crippen MR) is 101 cm³/mol. The second kappa shape index (κ2) is 7.56. The van der Waals surface area contributed by atoms with Crippen LogP contribution in [-0.4, -0.2) is 43.8 Å². The highest BCUT2D eigenvalue weighted by Crippen LogP contribution is 2.42. The summed E-state index contributed by atoms with van der Waals surface area (Å²) in [5, 5.41) is 0. The van der Waals surface area contributed by atoms with E-state index in [1.165, 1.54) is 12.3 Å². The number of ether oxygens (including phenoxy) is 1. The zero-order chi connectivity index (χ0) is 21.4. The highest BCUT2D eigenvalue weighted by atomic mass is 32.2. The van der Waals surface area contributed by atoms with Crippen LogP contribution in [-0.2, 0) is 20.8 Å². The molecular formula is C19H22F3N3O3S. The second-order valence-corrected chi connectivity index (χ2v) is 9.95. The summed E-state index contributed by atoms with van der Waals surface area (Å²) in [6, 6.07) is 3.86. The van der Waals surface area contributed by atoms with Gasteiger partial charge >= 0.3 is 6.18 Å². The van der Waals surface area contributed by atoms with Gasteiger partial charge in [-0.1, -0.05) is 6.07 Å². The van der Waals surface area contributed by atoms with Gasteiger partial charge in [0, 0.05) is 20.7 Å². The molecule has 6 nitrogen and oxygen atoms in total. The van der Waals surface area contributed by atoms with E-state index in [0.717, 1.165) is 12.1 Å². The van der Waals surface area contributed by atoms with Crippen LogP contribution in [0, 0.1) is 0 Å². The van der Waals surface area contributed by atoms with Crippen LogP contribution in [0.5, 0.6) is 0 Å². The molecule has 1 fully saturated rings. The third-order valence-corrected chi connectivity index (χ3v) is 7.68. The van der Waals surface area contributed by atoms with Gasteiger partial charge < -0.3 is 9.64 Å². The summed E-state index contributed by atoms with van der Waals surface area (Å²) < 4.78 is 70.0. The minimum atomic E-state index is -4.62. The van der Waals surface area contributed by atoms with E-state index in [4.69, 9.17) is 4.74 Å². The topological polar surface area (TPSA) is 72.4 Å². The Balaban J connectivity index is 1.91. The van der Waals surface area contributed by atoms with E-state index in [0.29, 0.717) is 17.6 Å². The Morgan fingerprint density at radius 3 is 2.52 bits per heavy atom. The second-order valence-electron chi connectivity index (χ2n) is 7.49. The Morgan fingerprint density at radius 1 is 1.21 bits per heavy atom. The molecule has 3 rings (SSSR count). The molecule has 1 aromatic carbocycles. The van der Waals surface area contributed by atoms with Gasteiger partial charge in [0.05, 0.1) is 33.3 Å². The van der Waals surface area contributed by atoms with E-state index in [2.05, 4.69) is 9.97 Å². The van der Waals surface area contributed by atoms with Crippen LogP contribution in [0.15, 0.2) is 41.6 Å². The molecule has 0 saturated carbocycles. The van der Waals surface area contributed by atoms with Gasteiger partial charge in [-0.15, -0.1) is 0 Å². The molecule has 1 aliphatic heterocycles. The average molecular weight is 429 g/mol. The van der Waals surface area contributed by atoms with Gasteiger partial charge in [-0.3, -0.25) is 4.98 Å². The molecule has 0 N–H and O–H groups in total. The third kappa shape index (κ3) is 4.23. The average Bonchev–Trinajstić information content (AvgIpc) is 2.67. The number of benzene rings is 1. The highest BCUT2D eigenvalue weighted by molar-refractivity contribution is 7.92. The zero-order valence-electron chi connectivity index (χ0n) is 16.3. The summed E-state index contributed by atoms with van der Waals surface area (Å²) in [5.41, 5.74) is -0.503. The van der Waals surface area contributed by atoms with E-state index in [9.17, 15) is 21.6 Å². The maximum atomic E-state index is 13.2. The van der Waals surface area contributed by atoms with Crippen molar-refractivity contribution >= 4 is 15.7 Å². The Hall–Kier alpha value is -2.20. The fourth-order valence-corrected chi connectivity index (χ4v) is 5.09. The number of hydrogen-bond donors (Lipinski definition) is 0. The van der Waals surface area contributed by atoms with Crippen molar-refractivity contribution in [1.82, 2.24) is 9.97 Å². The number of aromatic nitrogens is 2. The molecule has 1 saturated heterocycles. The minimum absolute atomic E-state index is 0.0710. The molecule has 2 unspecified atom stereocenters. The van der Waals surface area contributed by atoms with Crippen molar-refractivity contribution in [2.24, 2.45) is 0 Å².